The van der Waals surface area contributed by atoms with Crippen molar-refractivity contribution in [1.82, 2.24) is 25.1 Å². The summed E-state index contributed by atoms with van der Waals surface area (Å²) < 4.78 is 5.59. The first-order valence-electron chi connectivity index (χ1n) is 11.6. The number of ether oxygens (including phenoxy) is 1. The molecule has 2 aliphatic heterocycles. The van der Waals surface area contributed by atoms with Crippen LogP contribution in [0.15, 0.2) is 23.5 Å². The fourth-order valence-electron chi connectivity index (χ4n) is 4.48. The molecule has 1 unspecified atom stereocenters. The average molecular weight is 546 g/mol. The van der Waals surface area contributed by atoms with Crippen LogP contribution in [0.4, 0.5) is 5.95 Å². The van der Waals surface area contributed by atoms with Crippen LogP contribution in [-0.2, 0) is 4.74 Å². The molecule has 2 saturated heterocycles. The molecule has 1 aromatic heterocycles. The Morgan fingerprint density at radius 3 is 2.26 bits per heavy atom. The molecule has 0 spiro atoms. The van der Waals surface area contributed by atoms with Crippen molar-refractivity contribution in [2.75, 3.05) is 70.5 Å². The molecule has 3 rings (SSSR count). The number of nitrogens with zero attached hydrogens (tertiary/aromatic N) is 6. The minimum absolute atomic E-state index is 0. The lowest BCUT2D eigenvalue weighted by molar-refractivity contribution is 0.00390. The van der Waals surface area contributed by atoms with Gasteiger partial charge in [0.2, 0.25) is 5.95 Å². The number of anilines is 1. The van der Waals surface area contributed by atoms with E-state index in [1.807, 2.05) is 18.5 Å². The summed E-state index contributed by atoms with van der Waals surface area (Å²) in [6.45, 7) is 15.9. The van der Waals surface area contributed by atoms with Gasteiger partial charge in [-0.3, -0.25) is 9.89 Å². The van der Waals surface area contributed by atoms with Gasteiger partial charge in [-0.15, -0.1) is 24.0 Å². The second-order valence-electron chi connectivity index (χ2n) is 8.01. The lowest BCUT2D eigenvalue weighted by Crippen LogP contribution is -2.53. The Balaban J connectivity index is 0.00000341. The minimum atomic E-state index is 0. The summed E-state index contributed by atoms with van der Waals surface area (Å²) in [5.41, 5.74) is 0. The molecule has 0 radical (unpaired) electrons. The number of halogens is 1. The van der Waals surface area contributed by atoms with Crippen molar-refractivity contribution >= 4 is 35.9 Å². The smallest absolute Gasteiger partial charge is 0.225 e. The molecule has 0 saturated carbocycles. The number of guanidine groups is 1. The highest BCUT2D eigenvalue weighted by Gasteiger charge is 2.27. The van der Waals surface area contributed by atoms with Gasteiger partial charge in [-0.1, -0.05) is 26.7 Å². The van der Waals surface area contributed by atoms with E-state index in [1.165, 1.54) is 12.8 Å². The number of hydrogen-bond acceptors (Lipinski definition) is 6. The van der Waals surface area contributed by atoms with E-state index in [4.69, 9.17) is 9.73 Å². The Morgan fingerprint density at radius 2 is 1.68 bits per heavy atom. The fourth-order valence-corrected chi connectivity index (χ4v) is 4.48. The topological polar surface area (TPSA) is 69.1 Å². The Bertz CT molecular complexity index is 630. The summed E-state index contributed by atoms with van der Waals surface area (Å²) >= 11 is 0. The maximum Gasteiger partial charge on any atom is 0.225 e. The van der Waals surface area contributed by atoms with E-state index in [2.05, 4.69) is 50.8 Å². The molecule has 31 heavy (non-hydrogen) atoms. The molecule has 2 fully saturated rings. The van der Waals surface area contributed by atoms with Crippen LogP contribution < -0.4 is 10.2 Å². The predicted octanol–water partition coefficient (Wildman–Crippen LogP) is 2.32. The van der Waals surface area contributed by atoms with Gasteiger partial charge < -0.3 is 19.9 Å². The number of nitrogens with one attached hydrogen (secondary N) is 1. The van der Waals surface area contributed by atoms with Crippen molar-refractivity contribution in [3.8, 4) is 0 Å². The molecule has 1 N–H and O–H groups in total. The molecule has 0 aliphatic carbocycles. The second-order valence-corrected chi connectivity index (χ2v) is 8.01. The number of rotatable bonds is 8. The zero-order valence-corrected chi connectivity index (χ0v) is 21.7. The fraction of sp³-hybridized carbons (Fsp3) is 0.773. The standard InChI is InChI=1S/C22H39N7O.HI/c1-4-19(5-2)20(27-14-16-30-17-15-27)18-26-21(23-6-3)28-10-12-29(13-11-28)22-24-8-7-9-25-22;/h7-9,19-20H,4-6,10-18H2,1-3H3,(H,23,26);1H. The van der Waals surface area contributed by atoms with E-state index in [-0.39, 0.29) is 24.0 Å². The Kier molecular flexibility index (Phi) is 11.8. The number of aliphatic imine (C=N–C) groups is 1. The predicted molar refractivity (Wildman–Crippen MR) is 137 cm³/mol. The Hall–Kier alpha value is -1.20. The average Bonchev–Trinajstić information content (AvgIpc) is 2.82. The van der Waals surface area contributed by atoms with Gasteiger partial charge in [-0.05, 0) is 18.9 Å². The summed E-state index contributed by atoms with van der Waals surface area (Å²) in [5.74, 6) is 2.53. The number of aromatic nitrogens is 2. The molecule has 0 amide bonds. The zero-order chi connectivity index (χ0) is 21.2. The third-order valence-electron chi connectivity index (χ3n) is 6.28. The first-order valence-corrected chi connectivity index (χ1v) is 11.6. The quantitative estimate of drug-likeness (QED) is 0.306. The molecular formula is C22H40IN7O. The lowest BCUT2D eigenvalue weighted by Gasteiger charge is -2.39. The molecule has 8 nitrogen and oxygen atoms in total. The number of morpholine rings is 1. The Morgan fingerprint density at radius 1 is 1.03 bits per heavy atom. The molecule has 9 heteroatoms. The largest absolute Gasteiger partial charge is 0.379 e. The van der Waals surface area contributed by atoms with E-state index in [0.29, 0.717) is 12.0 Å². The van der Waals surface area contributed by atoms with Crippen molar-refractivity contribution in [3.05, 3.63) is 18.5 Å². The van der Waals surface area contributed by atoms with E-state index in [9.17, 15) is 0 Å². The first-order chi connectivity index (χ1) is 14.8. The summed E-state index contributed by atoms with van der Waals surface area (Å²) in [7, 11) is 0. The van der Waals surface area contributed by atoms with Crippen molar-refractivity contribution in [2.24, 2.45) is 10.9 Å². The van der Waals surface area contributed by atoms with Crippen molar-refractivity contribution in [2.45, 2.75) is 39.7 Å². The molecule has 176 valence electrons. The summed E-state index contributed by atoms with van der Waals surface area (Å²) in [6.07, 6.45) is 6.01. The van der Waals surface area contributed by atoms with Gasteiger partial charge in [0.25, 0.3) is 0 Å². The van der Waals surface area contributed by atoms with Crippen molar-refractivity contribution in [1.29, 1.82) is 0 Å². The number of hydrogen-bond donors (Lipinski definition) is 1. The maximum absolute atomic E-state index is 5.59. The number of piperazine rings is 1. The van der Waals surface area contributed by atoms with Crippen LogP contribution in [0.5, 0.6) is 0 Å². The highest BCUT2D eigenvalue weighted by atomic mass is 127. The Labute approximate surface area is 204 Å². The highest BCUT2D eigenvalue weighted by Crippen LogP contribution is 2.21. The van der Waals surface area contributed by atoms with E-state index in [0.717, 1.165) is 77.5 Å². The third kappa shape index (κ3) is 7.42. The van der Waals surface area contributed by atoms with Gasteiger partial charge in [0.15, 0.2) is 5.96 Å². The maximum atomic E-state index is 5.59. The van der Waals surface area contributed by atoms with E-state index in [1.54, 1.807) is 0 Å². The van der Waals surface area contributed by atoms with Crippen LogP contribution in [0.25, 0.3) is 0 Å². The highest BCUT2D eigenvalue weighted by molar-refractivity contribution is 14.0. The van der Waals surface area contributed by atoms with Gasteiger partial charge >= 0.3 is 0 Å². The van der Waals surface area contributed by atoms with Crippen LogP contribution in [0, 0.1) is 5.92 Å². The third-order valence-corrected chi connectivity index (χ3v) is 6.28. The monoisotopic (exact) mass is 545 g/mol. The zero-order valence-electron chi connectivity index (χ0n) is 19.4. The van der Waals surface area contributed by atoms with Crippen LogP contribution in [0.1, 0.15) is 33.6 Å². The van der Waals surface area contributed by atoms with Crippen LogP contribution in [0.3, 0.4) is 0 Å². The molecular weight excluding hydrogens is 505 g/mol. The van der Waals surface area contributed by atoms with Crippen LogP contribution >= 0.6 is 24.0 Å². The SMILES string of the molecule is CCNC(=NCC(C(CC)CC)N1CCOCC1)N1CCN(c2ncccn2)CC1.I. The van der Waals surface area contributed by atoms with Crippen molar-refractivity contribution < 1.29 is 4.74 Å². The minimum Gasteiger partial charge on any atom is -0.379 e. The van der Waals surface area contributed by atoms with Gasteiger partial charge in [0.1, 0.15) is 0 Å². The van der Waals surface area contributed by atoms with Gasteiger partial charge in [-0.25, -0.2) is 9.97 Å². The van der Waals surface area contributed by atoms with E-state index < -0.39 is 0 Å². The van der Waals surface area contributed by atoms with Gasteiger partial charge in [0.05, 0.1) is 19.8 Å². The van der Waals surface area contributed by atoms with Crippen LogP contribution in [-0.4, -0.2) is 97.3 Å². The summed E-state index contributed by atoms with van der Waals surface area (Å²) in [5, 5.41) is 3.52. The molecule has 3 heterocycles. The summed E-state index contributed by atoms with van der Waals surface area (Å²) in [4.78, 5) is 21.1. The van der Waals surface area contributed by atoms with Crippen molar-refractivity contribution in [3.63, 3.8) is 0 Å². The van der Waals surface area contributed by atoms with E-state index >= 15 is 0 Å². The van der Waals surface area contributed by atoms with Gasteiger partial charge in [0, 0.05) is 64.2 Å². The lowest BCUT2D eigenvalue weighted by atomic mass is 9.92. The molecule has 1 atom stereocenters. The molecule has 0 bridgehead atoms. The molecule has 2 aliphatic rings. The second kappa shape index (κ2) is 14.1. The molecule has 1 aromatic rings. The van der Waals surface area contributed by atoms with Crippen LogP contribution in [0.2, 0.25) is 0 Å². The van der Waals surface area contributed by atoms with Gasteiger partial charge in [-0.2, -0.15) is 0 Å². The normalized spacial score (nSPS) is 19.3. The first kappa shape index (κ1) is 26.1. The summed E-state index contributed by atoms with van der Waals surface area (Å²) in [6, 6.07) is 2.34. The molecule has 0 aromatic carbocycles.